The standard InChI is InChI=1S/C20H20N2O5/c1-3-26-20(24)13-4-6-14(7-5-13)22-11-17(21)16-10-15(8-9-18(16)22)27-12-19(23)25-2/h4-11H,3,12,21H2,1-2H3. The summed E-state index contributed by atoms with van der Waals surface area (Å²) < 4.78 is 16.9. The van der Waals surface area contributed by atoms with Gasteiger partial charge in [0.05, 0.1) is 30.5 Å². The van der Waals surface area contributed by atoms with Crippen LogP contribution in [0, 0.1) is 0 Å². The highest BCUT2D eigenvalue weighted by molar-refractivity contribution is 5.94. The van der Waals surface area contributed by atoms with Crippen LogP contribution in [-0.2, 0) is 14.3 Å². The average molecular weight is 368 g/mol. The second-order valence-electron chi connectivity index (χ2n) is 5.77. The number of hydrogen-bond donors (Lipinski definition) is 1. The minimum atomic E-state index is -0.456. The topological polar surface area (TPSA) is 92.8 Å². The molecule has 0 unspecified atom stereocenters. The Morgan fingerprint density at radius 3 is 2.52 bits per heavy atom. The normalized spacial score (nSPS) is 10.6. The number of carbonyl (C=O) groups excluding carboxylic acids is 2. The van der Waals surface area contributed by atoms with E-state index in [0.717, 1.165) is 16.6 Å². The largest absolute Gasteiger partial charge is 0.482 e. The third-order valence-corrected chi connectivity index (χ3v) is 4.05. The van der Waals surface area contributed by atoms with Gasteiger partial charge in [0, 0.05) is 17.3 Å². The van der Waals surface area contributed by atoms with E-state index in [1.165, 1.54) is 7.11 Å². The second kappa shape index (κ2) is 7.82. The van der Waals surface area contributed by atoms with Gasteiger partial charge in [-0.3, -0.25) is 0 Å². The summed E-state index contributed by atoms with van der Waals surface area (Å²) in [6.07, 6.45) is 1.80. The van der Waals surface area contributed by atoms with Gasteiger partial charge in [0.1, 0.15) is 5.75 Å². The average Bonchev–Trinajstić information content (AvgIpc) is 3.02. The number of nitrogen functional groups attached to an aromatic ring is 1. The number of rotatable bonds is 6. The van der Waals surface area contributed by atoms with E-state index in [2.05, 4.69) is 4.74 Å². The summed E-state index contributed by atoms with van der Waals surface area (Å²) in [4.78, 5) is 23.0. The Bertz CT molecular complexity index is 976. The highest BCUT2D eigenvalue weighted by Crippen LogP contribution is 2.30. The highest BCUT2D eigenvalue weighted by atomic mass is 16.6. The van der Waals surface area contributed by atoms with Gasteiger partial charge in [0.15, 0.2) is 6.61 Å². The molecule has 0 aliphatic heterocycles. The summed E-state index contributed by atoms with van der Waals surface area (Å²) in [6.45, 7) is 1.93. The monoisotopic (exact) mass is 368 g/mol. The SMILES string of the molecule is CCOC(=O)c1ccc(-n2cc(N)c3cc(OCC(=O)OC)ccc32)cc1. The fourth-order valence-electron chi connectivity index (χ4n) is 2.71. The summed E-state index contributed by atoms with van der Waals surface area (Å²) >= 11 is 0. The van der Waals surface area contributed by atoms with E-state index in [-0.39, 0.29) is 12.6 Å². The number of carbonyl (C=O) groups is 2. The van der Waals surface area contributed by atoms with Gasteiger partial charge in [0.25, 0.3) is 0 Å². The maximum Gasteiger partial charge on any atom is 0.343 e. The summed E-state index contributed by atoms with van der Waals surface area (Å²) in [5, 5.41) is 0.798. The van der Waals surface area contributed by atoms with Crippen LogP contribution in [0.25, 0.3) is 16.6 Å². The first-order valence-corrected chi connectivity index (χ1v) is 8.41. The lowest BCUT2D eigenvalue weighted by Gasteiger charge is -2.08. The molecule has 7 nitrogen and oxygen atoms in total. The quantitative estimate of drug-likeness (QED) is 0.673. The van der Waals surface area contributed by atoms with Gasteiger partial charge in [-0.05, 0) is 49.4 Å². The van der Waals surface area contributed by atoms with E-state index < -0.39 is 5.97 Å². The van der Waals surface area contributed by atoms with Crippen molar-refractivity contribution in [1.82, 2.24) is 4.57 Å². The molecule has 27 heavy (non-hydrogen) atoms. The number of ether oxygens (including phenoxy) is 3. The molecule has 140 valence electrons. The van der Waals surface area contributed by atoms with E-state index in [9.17, 15) is 9.59 Å². The van der Waals surface area contributed by atoms with Gasteiger partial charge in [-0.1, -0.05) is 0 Å². The van der Waals surface area contributed by atoms with Crippen LogP contribution >= 0.6 is 0 Å². The second-order valence-corrected chi connectivity index (χ2v) is 5.77. The first-order chi connectivity index (χ1) is 13.0. The first-order valence-electron chi connectivity index (χ1n) is 8.41. The summed E-state index contributed by atoms with van der Waals surface area (Å²) in [6, 6.07) is 12.5. The van der Waals surface area contributed by atoms with Gasteiger partial charge in [-0.2, -0.15) is 0 Å². The van der Waals surface area contributed by atoms with Crippen molar-refractivity contribution >= 4 is 28.5 Å². The van der Waals surface area contributed by atoms with Crippen molar-refractivity contribution in [3.63, 3.8) is 0 Å². The number of nitrogens with zero attached hydrogens (tertiary/aromatic N) is 1. The molecule has 7 heteroatoms. The lowest BCUT2D eigenvalue weighted by Crippen LogP contribution is -2.12. The smallest absolute Gasteiger partial charge is 0.343 e. The Labute approximate surface area is 156 Å². The van der Waals surface area contributed by atoms with Crippen LogP contribution in [0.2, 0.25) is 0 Å². The Morgan fingerprint density at radius 1 is 1.11 bits per heavy atom. The van der Waals surface area contributed by atoms with Crippen LogP contribution in [-0.4, -0.2) is 36.8 Å². The summed E-state index contributed by atoms with van der Waals surface area (Å²) in [5.41, 5.74) is 8.93. The molecule has 2 aromatic carbocycles. The molecule has 0 bridgehead atoms. The minimum absolute atomic E-state index is 0.169. The molecular weight excluding hydrogens is 348 g/mol. The molecule has 2 N–H and O–H groups in total. The fourth-order valence-corrected chi connectivity index (χ4v) is 2.71. The van der Waals surface area contributed by atoms with Crippen LogP contribution in [0.4, 0.5) is 5.69 Å². The van der Waals surface area contributed by atoms with E-state index >= 15 is 0 Å². The number of benzene rings is 2. The molecule has 1 aromatic heterocycles. The van der Waals surface area contributed by atoms with E-state index in [1.807, 2.05) is 22.8 Å². The molecule has 3 aromatic rings. The minimum Gasteiger partial charge on any atom is -0.482 e. The molecule has 0 saturated carbocycles. The van der Waals surface area contributed by atoms with Gasteiger partial charge in [-0.15, -0.1) is 0 Å². The van der Waals surface area contributed by atoms with Crippen molar-refractivity contribution in [3.05, 3.63) is 54.2 Å². The highest BCUT2D eigenvalue weighted by Gasteiger charge is 2.11. The molecule has 0 aliphatic rings. The summed E-state index contributed by atoms with van der Waals surface area (Å²) in [5.74, 6) is -0.286. The molecule has 0 amide bonds. The molecule has 0 atom stereocenters. The number of esters is 2. The van der Waals surface area contributed by atoms with Crippen molar-refractivity contribution in [1.29, 1.82) is 0 Å². The Hall–Kier alpha value is -3.48. The Balaban J connectivity index is 1.89. The zero-order chi connectivity index (χ0) is 19.4. The molecule has 1 heterocycles. The van der Waals surface area contributed by atoms with Crippen LogP contribution < -0.4 is 10.5 Å². The van der Waals surface area contributed by atoms with Gasteiger partial charge in [-0.25, -0.2) is 9.59 Å². The summed E-state index contributed by atoms with van der Waals surface area (Å²) in [7, 11) is 1.31. The van der Waals surface area contributed by atoms with Crippen molar-refractivity contribution < 1.29 is 23.8 Å². The van der Waals surface area contributed by atoms with Crippen LogP contribution in [0.5, 0.6) is 5.75 Å². The maximum absolute atomic E-state index is 11.8. The third-order valence-electron chi connectivity index (χ3n) is 4.05. The number of aromatic nitrogens is 1. The molecule has 0 saturated heterocycles. The number of hydrogen-bond acceptors (Lipinski definition) is 6. The zero-order valence-corrected chi connectivity index (χ0v) is 15.1. The number of nitrogens with two attached hydrogens (primary N) is 1. The maximum atomic E-state index is 11.8. The molecule has 0 aliphatic carbocycles. The molecule has 0 radical (unpaired) electrons. The van der Waals surface area contributed by atoms with Gasteiger partial charge >= 0.3 is 11.9 Å². The van der Waals surface area contributed by atoms with E-state index in [1.54, 1.807) is 37.4 Å². The zero-order valence-electron chi connectivity index (χ0n) is 15.1. The molecular formula is C20H20N2O5. The number of fused-ring (bicyclic) bond motifs is 1. The van der Waals surface area contributed by atoms with Gasteiger partial charge in [0.2, 0.25) is 0 Å². The van der Waals surface area contributed by atoms with Crippen molar-refractivity contribution in [2.75, 3.05) is 26.1 Å². The lowest BCUT2D eigenvalue weighted by molar-refractivity contribution is -0.142. The van der Waals surface area contributed by atoms with Crippen LogP contribution in [0.3, 0.4) is 0 Å². The molecule has 0 spiro atoms. The van der Waals surface area contributed by atoms with Crippen molar-refractivity contribution in [3.8, 4) is 11.4 Å². The van der Waals surface area contributed by atoms with Crippen LogP contribution in [0.1, 0.15) is 17.3 Å². The van der Waals surface area contributed by atoms with Gasteiger partial charge < -0.3 is 24.5 Å². The van der Waals surface area contributed by atoms with E-state index in [4.69, 9.17) is 15.2 Å². The van der Waals surface area contributed by atoms with Crippen molar-refractivity contribution in [2.45, 2.75) is 6.92 Å². The van der Waals surface area contributed by atoms with Crippen LogP contribution in [0.15, 0.2) is 48.7 Å². The first kappa shape index (κ1) is 18.3. The van der Waals surface area contributed by atoms with Crippen molar-refractivity contribution in [2.24, 2.45) is 0 Å². The fraction of sp³-hybridized carbons (Fsp3) is 0.200. The number of anilines is 1. The third kappa shape index (κ3) is 3.87. The Kier molecular flexibility index (Phi) is 5.30. The molecule has 0 fully saturated rings. The van der Waals surface area contributed by atoms with E-state index in [0.29, 0.717) is 23.6 Å². The Morgan fingerprint density at radius 2 is 1.85 bits per heavy atom. The predicted octanol–water partition coefficient (Wildman–Crippen LogP) is 2.94. The lowest BCUT2D eigenvalue weighted by atomic mass is 10.2. The predicted molar refractivity (Wildman–Crippen MR) is 101 cm³/mol. The number of methoxy groups -OCH3 is 1. The molecule has 3 rings (SSSR count).